The molecule has 5 heteroatoms. The van der Waals surface area contributed by atoms with Gasteiger partial charge in [0.15, 0.2) is 0 Å². The fraction of sp³-hybridized carbons (Fsp3) is 0.292. The molecule has 0 aliphatic carbocycles. The Balaban J connectivity index is 2.50. The molecule has 152 valence electrons. The average Bonchev–Trinajstić information content (AvgIpc) is 2.69. The summed E-state index contributed by atoms with van der Waals surface area (Å²) in [7, 11) is 0. The fourth-order valence-electron chi connectivity index (χ4n) is 2.75. The third-order valence-electron chi connectivity index (χ3n) is 4.26. The lowest BCUT2D eigenvalue weighted by Crippen LogP contribution is -2.41. The third kappa shape index (κ3) is 6.14. The van der Waals surface area contributed by atoms with Gasteiger partial charge in [-0.2, -0.15) is 0 Å². The molecule has 29 heavy (non-hydrogen) atoms. The Hall–Kier alpha value is -3.21. The Morgan fingerprint density at radius 1 is 1.00 bits per heavy atom. The summed E-state index contributed by atoms with van der Waals surface area (Å²) in [6.07, 6.45) is 1.42. The molecule has 0 N–H and O–H groups in total. The summed E-state index contributed by atoms with van der Waals surface area (Å²) in [5.74, 6) is -1.75. The summed E-state index contributed by atoms with van der Waals surface area (Å²) < 4.78 is 5.03. The normalized spacial score (nSPS) is 11.3. The molecule has 0 radical (unpaired) electrons. The maximum atomic E-state index is 13.4. The van der Waals surface area contributed by atoms with Crippen molar-refractivity contribution in [3.8, 4) is 0 Å². The predicted octanol–water partition coefficient (Wildman–Crippen LogP) is 4.55. The van der Waals surface area contributed by atoms with E-state index in [-0.39, 0.29) is 30.4 Å². The van der Waals surface area contributed by atoms with E-state index < -0.39 is 11.9 Å². The highest BCUT2D eigenvalue weighted by atomic mass is 16.5. The van der Waals surface area contributed by atoms with Crippen molar-refractivity contribution in [2.75, 3.05) is 11.5 Å². The van der Waals surface area contributed by atoms with Crippen LogP contribution < -0.4 is 4.90 Å². The lowest BCUT2D eigenvalue weighted by molar-refractivity contribution is -0.143. The van der Waals surface area contributed by atoms with E-state index in [1.165, 1.54) is 0 Å². The van der Waals surface area contributed by atoms with Gasteiger partial charge in [-0.25, -0.2) is 4.90 Å². The van der Waals surface area contributed by atoms with Gasteiger partial charge in [0.1, 0.15) is 0 Å². The Kier molecular flexibility index (Phi) is 7.89. The number of esters is 1. The van der Waals surface area contributed by atoms with Crippen LogP contribution in [0.3, 0.4) is 0 Å². The van der Waals surface area contributed by atoms with Crippen LogP contribution in [-0.2, 0) is 19.1 Å². The number of nitrogens with zero attached hydrogens (tertiary/aromatic N) is 1. The molecule has 2 aromatic carbocycles. The standard InChI is InChI=1S/C24H27NO4/c1-5-29-22(26)16-20(15-19-9-7-6-8-10-19)24(28)25(23(27)17(2)3)21-13-11-18(4)12-14-21/h6-15,17H,5,16H2,1-4H3/b20-15+. The zero-order valence-corrected chi connectivity index (χ0v) is 17.3. The fourth-order valence-corrected chi connectivity index (χ4v) is 2.75. The second-order valence-electron chi connectivity index (χ2n) is 7.03. The number of aryl methyl sites for hydroxylation is 1. The van der Waals surface area contributed by atoms with Gasteiger partial charge in [-0.3, -0.25) is 14.4 Å². The topological polar surface area (TPSA) is 63.7 Å². The second kappa shape index (κ2) is 10.4. The van der Waals surface area contributed by atoms with Gasteiger partial charge in [-0.05, 0) is 37.6 Å². The van der Waals surface area contributed by atoms with Gasteiger partial charge in [0.05, 0.1) is 18.7 Å². The molecule has 0 heterocycles. The van der Waals surface area contributed by atoms with Gasteiger partial charge in [-0.1, -0.05) is 61.9 Å². The van der Waals surface area contributed by atoms with Crippen molar-refractivity contribution in [1.29, 1.82) is 0 Å². The molecule has 0 aliphatic heterocycles. The number of benzene rings is 2. The largest absolute Gasteiger partial charge is 0.466 e. The van der Waals surface area contributed by atoms with Gasteiger partial charge >= 0.3 is 5.97 Å². The van der Waals surface area contributed by atoms with Crippen molar-refractivity contribution in [3.05, 3.63) is 71.3 Å². The summed E-state index contributed by atoms with van der Waals surface area (Å²) >= 11 is 0. The predicted molar refractivity (Wildman–Crippen MR) is 114 cm³/mol. The quantitative estimate of drug-likeness (QED) is 0.511. The van der Waals surface area contributed by atoms with E-state index in [2.05, 4.69) is 0 Å². The van der Waals surface area contributed by atoms with Crippen molar-refractivity contribution >= 4 is 29.5 Å². The first-order valence-corrected chi connectivity index (χ1v) is 9.69. The first-order valence-electron chi connectivity index (χ1n) is 9.69. The van der Waals surface area contributed by atoms with Crippen molar-refractivity contribution in [1.82, 2.24) is 0 Å². The van der Waals surface area contributed by atoms with Crippen LogP contribution in [0.25, 0.3) is 6.08 Å². The summed E-state index contributed by atoms with van der Waals surface area (Å²) in [5, 5.41) is 0. The van der Waals surface area contributed by atoms with Crippen LogP contribution in [0.4, 0.5) is 5.69 Å². The molecule has 0 bridgehead atoms. The van der Waals surface area contributed by atoms with Gasteiger partial charge < -0.3 is 4.74 Å². The van der Waals surface area contributed by atoms with Gasteiger partial charge in [0.25, 0.3) is 5.91 Å². The number of hydrogen-bond acceptors (Lipinski definition) is 4. The highest BCUT2D eigenvalue weighted by molar-refractivity contribution is 6.23. The Bertz CT molecular complexity index is 883. The van der Waals surface area contributed by atoms with Crippen LogP contribution in [0.15, 0.2) is 60.2 Å². The van der Waals surface area contributed by atoms with Crippen LogP contribution in [0.2, 0.25) is 0 Å². The number of amides is 2. The minimum atomic E-state index is -0.524. The Morgan fingerprint density at radius 2 is 1.62 bits per heavy atom. The van der Waals surface area contributed by atoms with E-state index >= 15 is 0 Å². The minimum Gasteiger partial charge on any atom is -0.466 e. The summed E-state index contributed by atoms with van der Waals surface area (Å²) in [5.41, 5.74) is 2.46. The Labute approximate surface area is 172 Å². The number of imide groups is 1. The van der Waals surface area contributed by atoms with E-state index in [9.17, 15) is 14.4 Å². The number of carbonyl (C=O) groups excluding carboxylic acids is 3. The SMILES string of the molecule is CCOC(=O)C/C(=C\c1ccccc1)C(=O)N(C(=O)C(C)C)c1ccc(C)cc1. The molecular weight excluding hydrogens is 366 g/mol. The van der Waals surface area contributed by atoms with Crippen molar-refractivity contribution < 1.29 is 19.1 Å². The lowest BCUT2D eigenvalue weighted by atomic mass is 10.0. The molecule has 0 atom stereocenters. The number of anilines is 1. The highest BCUT2D eigenvalue weighted by Crippen LogP contribution is 2.23. The second-order valence-corrected chi connectivity index (χ2v) is 7.03. The first kappa shape index (κ1) is 22.1. The van der Waals surface area contributed by atoms with Crippen molar-refractivity contribution in [2.24, 2.45) is 5.92 Å². The van der Waals surface area contributed by atoms with Gasteiger partial charge in [-0.15, -0.1) is 0 Å². The van der Waals surface area contributed by atoms with Crippen LogP contribution >= 0.6 is 0 Å². The van der Waals surface area contributed by atoms with Crippen LogP contribution in [0, 0.1) is 12.8 Å². The minimum absolute atomic E-state index is 0.198. The zero-order chi connectivity index (χ0) is 21.4. The molecule has 0 unspecified atom stereocenters. The average molecular weight is 393 g/mol. The van der Waals surface area contributed by atoms with Crippen molar-refractivity contribution in [3.63, 3.8) is 0 Å². The molecule has 5 nitrogen and oxygen atoms in total. The highest BCUT2D eigenvalue weighted by Gasteiger charge is 2.29. The van der Waals surface area contributed by atoms with E-state index in [0.29, 0.717) is 5.69 Å². The first-order chi connectivity index (χ1) is 13.8. The molecule has 2 amide bonds. The maximum absolute atomic E-state index is 13.4. The molecule has 0 aromatic heterocycles. The van der Waals surface area contributed by atoms with Gasteiger partial charge in [0.2, 0.25) is 5.91 Å². The van der Waals surface area contributed by atoms with Crippen LogP contribution in [-0.4, -0.2) is 24.4 Å². The Morgan fingerprint density at radius 3 is 2.17 bits per heavy atom. The number of carbonyl (C=O) groups is 3. The van der Waals surface area contributed by atoms with E-state index in [0.717, 1.165) is 16.0 Å². The molecule has 0 saturated carbocycles. The molecule has 2 rings (SSSR count). The van der Waals surface area contributed by atoms with Gasteiger partial charge in [0, 0.05) is 11.5 Å². The molecular formula is C24H27NO4. The molecule has 0 spiro atoms. The molecule has 0 fully saturated rings. The van der Waals surface area contributed by atoms with E-state index in [4.69, 9.17) is 4.74 Å². The summed E-state index contributed by atoms with van der Waals surface area (Å²) in [4.78, 5) is 39.6. The number of rotatable bonds is 7. The lowest BCUT2D eigenvalue weighted by Gasteiger charge is -2.24. The number of ether oxygens (including phenoxy) is 1. The van der Waals surface area contributed by atoms with E-state index in [1.807, 2.05) is 49.4 Å². The number of hydrogen-bond donors (Lipinski definition) is 0. The summed E-state index contributed by atoms with van der Waals surface area (Å²) in [6.45, 7) is 7.34. The molecule has 2 aromatic rings. The van der Waals surface area contributed by atoms with Crippen LogP contribution in [0.5, 0.6) is 0 Å². The summed E-state index contributed by atoms with van der Waals surface area (Å²) in [6, 6.07) is 16.4. The monoisotopic (exact) mass is 393 g/mol. The van der Waals surface area contributed by atoms with Crippen LogP contribution in [0.1, 0.15) is 38.3 Å². The molecule has 0 aliphatic rings. The molecule has 0 saturated heterocycles. The van der Waals surface area contributed by atoms with E-state index in [1.54, 1.807) is 39.0 Å². The maximum Gasteiger partial charge on any atom is 0.310 e. The third-order valence-corrected chi connectivity index (χ3v) is 4.26. The smallest absolute Gasteiger partial charge is 0.310 e. The van der Waals surface area contributed by atoms with Crippen molar-refractivity contribution in [2.45, 2.75) is 34.1 Å². The zero-order valence-electron chi connectivity index (χ0n) is 17.3.